The number of benzene rings is 1. The van der Waals surface area contributed by atoms with Crippen LogP contribution in [-0.2, 0) is 5.41 Å². The van der Waals surface area contributed by atoms with Gasteiger partial charge in [0.2, 0.25) is 8.32 Å². The predicted molar refractivity (Wildman–Crippen MR) is 73.9 cm³/mol. The molecule has 0 aromatic heterocycles. The highest BCUT2D eigenvalue weighted by atomic mass is 28.4. The summed E-state index contributed by atoms with van der Waals surface area (Å²) in [6.45, 7) is 15.5. The second-order valence-electron chi connectivity index (χ2n) is 6.42. The minimum absolute atomic E-state index is 0.140. The van der Waals surface area contributed by atoms with E-state index in [9.17, 15) is 0 Å². The summed E-state index contributed by atoms with van der Waals surface area (Å²) < 4.78 is 6.23. The fourth-order valence-electron chi connectivity index (χ4n) is 1.68. The largest absolute Gasteiger partial charge is 0.544 e. The first-order valence-corrected chi connectivity index (χ1v) is 9.31. The molecule has 0 unspecified atom stereocenters. The first-order chi connectivity index (χ1) is 7.11. The van der Waals surface area contributed by atoms with Crippen molar-refractivity contribution in [3.63, 3.8) is 0 Å². The van der Waals surface area contributed by atoms with E-state index >= 15 is 0 Å². The third-order valence-electron chi connectivity index (χ3n) is 2.43. The molecule has 16 heavy (non-hydrogen) atoms. The summed E-state index contributed by atoms with van der Waals surface area (Å²) in [5.41, 5.74) is 2.70. The molecule has 1 aromatic rings. The first kappa shape index (κ1) is 13.3. The van der Waals surface area contributed by atoms with Crippen LogP contribution in [0.2, 0.25) is 19.6 Å². The van der Waals surface area contributed by atoms with Crippen molar-refractivity contribution in [1.29, 1.82) is 0 Å². The number of para-hydroxylation sites is 1. The van der Waals surface area contributed by atoms with E-state index in [1.807, 2.05) is 0 Å². The standard InChI is InChI=1S/C14H24OSi/c1-11-9-8-10-12(14(2,3)4)13(11)15-16(5,6)7/h8-10H,1-7H3. The van der Waals surface area contributed by atoms with Gasteiger partial charge in [-0.15, -0.1) is 0 Å². The topological polar surface area (TPSA) is 9.23 Å². The molecule has 0 saturated heterocycles. The number of hydrogen-bond acceptors (Lipinski definition) is 1. The van der Waals surface area contributed by atoms with Crippen molar-refractivity contribution in [2.45, 2.75) is 52.8 Å². The molecule has 90 valence electrons. The van der Waals surface area contributed by atoms with Gasteiger partial charge in [-0.2, -0.15) is 0 Å². The Kier molecular flexibility index (Phi) is 3.53. The zero-order chi connectivity index (χ0) is 12.6. The summed E-state index contributed by atoms with van der Waals surface area (Å²) in [5, 5.41) is 0. The Morgan fingerprint density at radius 1 is 1.06 bits per heavy atom. The van der Waals surface area contributed by atoms with E-state index < -0.39 is 8.32 Å². The Labute approximate surface area is 101 Å². The van der Waals surface area contributed by atoms with Gasteiger partial charge in [0.25, 0.3) is 0 Å². The summed E-state index contributed by atoms with van der Waals surface area (Å²) in [6.07, 6.45) is 0. The van der Waals surface area contributed by atoms with Crippen LogP contribution in [-0.4, -0.2) is 8.32 Å². The van der Waals surface area contributed by atoms with Crippen LogP contribution in [0.25, 0.3) is 0 Å². The summed E-state index contributed by atoms with van der Waals surface area (Å²) in [4.78, 5) is 0. The van der Waals surface area contributed by atoms with Crippen molar-refractivity contribution < 1.29 is 4.43 Å². The van der Waals surface area contributed by atoms with Crippen LogP contribution in [0.5, 0.6) is 5.75 Å². The highest BCUT2D eigenvalue weighted by Gasteiger charge is 2.24. The Morgan fingerprint density at radius 3 is 2.06 bits per heavy atom. The molecular formula is C14H24OSi. The van der Waals surface area contributed by atoms with Gasteiger partial charge in [0.15, 0.2) is 0 Å². The van der Waals surface area contributed by atoms with Crippen molar-refractivity contribution in [1.82, 2.24) is 0 Å². The lowest BCUT2D eigenvalue weighted by Crippen LogP contribution is -2.31. The van der Waals surface area contributed by atoms with Gasteiger partial charge in [-0.25, -0.2) is 0 Å². The Hall–Kier alpha value is -0.763. The van der Waals surface area contributed by atoms with Crippen LogP contribution in [0.15, 0.2) is 18.2 Å². The fraction of sp³-hybridized carbons (Fsp3) is 0.571. The van der Waals surface area contributed by atoms with Gasteiger partial charge in [0.1, 0.15) is 5.75 Å². The van der Waals surface area contributed by atoms with Gasteiger partial charge in [-0.05, 0) is 43.1 Å². The maximum Gasteiger partial charge on any atom is 0.242 e. The van der Waals surface area contributed by atoms with Gasteiger partial charge in [-0.3, -0.25) is 0 Å². The molecule has 1 nitrogen and oxygen atoms in total. The highest BCUT2D eigenvalue weighted by Crippen LogP contribution is 2.35. The second kappa shape index (κ2) is 4.25. The minimum atomic E-state index is -1.54. The van der Waals surface area contributed by atoms with Crippen LogP contribution in [0.3, 0.4) is 0 Å². The molecule has 1 rings (SSSR count). The van der Waals surface area contributed by atoms with Crippen molar-refractivity contribution >= 4 is 8.32 Å². The fourth-order valence-corrected chi connectivity index (χ4v) is 2.57. The predicted octanol–water partition coefficient (Wildman–Crippen LogP) is 4.51. The van der Waals surface area contributed by atoms with Crippen LogP contribution in [0.4, 0.5) is 0 Å². The van der Waals surface area contributed by atoms with Gasteiger partial charge >= 0.3 is 0 Å². The molecule has 0 aliphatic heterocycles. The number of rotatable bonds is 2. The summed E-state index contributed by atoms with van der Waals surface area (Å²) in [7, 11) is -1.54. The molecule has 0 fully saturated rings. The van der Waals surface area contributed by atoms with Crippen LogP contribution in [0, 0.1) is 6.92 Å². The molecule has 1 aromatic carbocycles. The SMILES string of the molecule is Cc1cccc(C(C)(C)C)c1O[Si](C)(C)C. The minimum Gasteiger partial charge on any atom is -0.544 e. The Balaban J connectivity index is 3.25. The Bertz CT molecular complexity index is 369. The van der Waals surface area contributed by atoms with E-state index in [2.05, 4.69) is 65.5 Å². The van der Waals surface area contributed by atoms with Gasteiger partial charge in [-0.1, -0.05) is 39.0 Å². The maximum absolute atomic E-state index is 6.23. The van der Waals surface area contributed by atoms with E-state index in [-0.39, 0.29) is 5.41 Å². The van der Waals surface area contributed by atoms with Gasteiger partial charge in [0, 0.05) is 0 Å². The lowest BCUT2D eigenvalue weighted by Gasteiger charge is -2.28. The van der Waals surface area contributed by atoms with Crippen molar-refractivity contribution in [3.8, 4) is 5.75 Å². The number of aryl methyl sites for hydroxylation is 1. The van der Waals surface area contributed by atoms with E-state index in [1.54, 1.807) is 0 Å². The van der Waals surface area contributed by atoms with Crippen LogP contribution >= 0.6 is 0 Å². The Morgan fingerprint density at radius 2 is 1.62 bits per heavy atom. The number of hydrogen-bond donors (Lipinski definition) is 0. The molecular weight excluding hydrogens is 212 g/mol. The second-order valence-corrected chi connectivity index (χ2v) is 10.8. The average Bonchev–Trinajstić information content (AvgIpc) is 2.04. The molecule has 0 N–H and O–H groups in total. The maximum atomic E-state index is 6.23. The zero-order valence-electron chi connectivity index (χ0n) is 11.6. The summed E-state index contributed by atoms with van der Waals surface area (Å²) in [5.74, 6) is 1.11. The normalized spacial score (nSPS) is 12.7. The summed E-state index contributed by atoms with van der Waals surface area (Å²) >= 11 is 0. The molecule has 0 radical (unpaired) electrons. The molecule has 0 bridgehead atoms. The molecule has 0 amide bonds. The van der Waals surface area contributed by atoms with Crippen molar-refractivity contribution in [2.75, 3.05) is 0 Å². The third-order valence-corrected chi connectivity index (χ3v) is 3.24. The average molecular weight is 236 g/mol. The lowest BCUT2D eigenvalue weighted by atomic mass is 9.85. The lowest BCUT2D eigenvalue weighted by molar-refractivity contribution is 0.505. The van der Waals surface area contributed by atoms with Crippen molar-refractivity contribution in [2.24, 2.45) is 0 Å². The van der Waals surface area contributed by atoms with E-state index in [1.165, 1.54) is 11.1 Å². The first-order valence-electron chi connectivity index (χ1n) is 5.90. The summed E-state index contributed by atoms with van der Waals surface area (Å²) in [6, 6.07) is 6.43. The molecule has 0 heterocycles. The molecule has 0 atom stereocenters. The zero-order valence-corrected chi connectivity index (χ0v) is 12.6. The van der Waals surface area contributed by atoms with E-state index in [0.29, 0.717) is 0 Å². The highest BCUT2D eigenvalue weighted by molar-refractivity contribution is 6.70. The monoisotopic (exact) mass is 236 g/mol. The van der Waals surface area contributed by atoms with Crippen molar-refractivity contribution in [3.05, 3.63) is 29.3 Å². The third kappa shape index (κ3) is 3.37. The quantitative estimate of drug-likeness (QED) is 0.687. The van der Waals surface area contributed by atoms with Gasteiger partial charge < -0.3 is 4.43 Å². The van der Waals surface area contributed by atoms with Gasteiger partial charge in [0.05, 0.1) is 0 Å². The smallest absolute Gasteiger partial charge is 0.242 e. The van der Waals surface area contributed by atoms with Crippen LogP contribution in [0.1, 0.15) is 31.9 Å². The van der Waals surface area contributed by atoms with E-state index in [0.717, 1.165) is 5.75 Å². The molecule has 0 saturated carbocycles. The molecule has 0 aliphatic rings. The van der Waals surface area contributed by atoms with Crippen LogP contribution < -0.4 is 4.43 Å². The molecule has 2 heteroatoms. The molecule has 0 spiro atoms. The van der Waals surface area contributed by atoms with E-state index in [4.69, 9.17) is 4.43 Å². The molecule has 0 aliphatic carbocycles.